The van der Waals surface area contributed by atoms with Crippen LogP contribution in [0.3, 0.4) is 0 Å². The second kappa shape index (κ2) is 13.6. The molecule has 1 heterocycles. The van der Waals surface area contributed by atoms with Gasteiger partial charge in [-0.05, 0) is 63.4 Å². The first kappa shape index (κ1) is 22.7. The van der Waals surface area contributed by atoms with Crippen molar-refractivity contribution in [2.75, 3.05) is 25.0 Å². The summed E-state index contributed by atoms with van der Waals surface area (Å²) in [6.45, 7) is 7.30. The first-order valence-corrected chi connectivity index (χ1v) is 11.5. The third-order valence-electron chi connectivity index (χ3n) is 5.51. The molecule has 1 aromatic carbocycles. The molecule has 0 bridgehead atoms. The molecule has 0 radical (unpaired) electrons. The summed E-state index contributed by atoms with van der Waals surface area (Å²) in [4.78, 5) is 14.6. The summed E-state index contributed by atoms with van der Waals surface area (Å²) in [5.41, 5.74) is 2.11. The molecular formula is C24H40N2O2. The molecule has 4 nitrogen and oxygen atoms in total. The lowest BCUT2D eigenvalue weighted by Gasteiger charge is -2.28. The van der Waals surface area contributed by atoms with Crippen LogP contribution < -0.4 is 5.32 Å². The van der Waals surface area contributed by atoms with Crippen LogP contribution in [0.4, 0.5) is 10.5 Å². The molecular weight excluding hydrogens is 348 g/mol. The van der Waals surface area contributed by atoms with Crippen molar-refractivity contribution >= 4 is 11.8 Å². The van der Waals surface area contributed by atoms with Gasteiger partial charge in [0.2, 0.25) is 0 Å². The van der Waals surface area contributed by atoms with Crippen molar-refractivity contribution in [2.45, 2.75) is 90.6 Å². The van der Waals surface area contributed by atoms with Gasteiger partial charge in [-0.25, -0.2) is 4.79 Å². The SMILES string of the molecule is CCCCCCCCCc1cccc(NC(=O)O[C@H](C)CN2CCCCC2)c1. The fourth-order valence-electron chi connectivity index (χ4n) is 3.96. The van der Waals surface area contributed by atoms with E-state index in [1.54, 1.807) is 0 Å². The van der Waals surface area contributed by atoms with Crippen LogP contribution in [0.15, 0.2) is 24.3 Å². The largest absolute Gasteiger partial charge is 0.445 e. The van der Waals surface area contributed by atoms with E-state index in [9.17, 15) is 4.79 Å². The lowest BCUT2D eigenvalue weighted by Crippen LogP contribution is -2.37. The number of carbonyl (C=O) groups excluding carboxylic acids is 1. The van der Waals surface area contributed by atoms with Gasteiger partial charge >= 0.3 is 6.09 Å². The van der Waals surface area contributed by atoms with Crippen LogP contribution in [0.1, 0.15) is 83.6 Å². The second-order valence-electron chi connectivity index (χ2n) is 8.27. The highest BCUT2D eigenvalue weighted by Gasteiger charge is 2.16. The van der Waals surface area contributed by atoms with Gasteiger partial charge in [-0.1, -0.05) is 64.0 Å². The number of amides is 1. The lowest BCUT2D eigenvalue weighted by molar-refractivity contribution is 0.0833. The van der Waals surface area contributed by atoms with Crippen LogP contribution in [-0.4, -0.2) is 36.7 Å². The fraction of sp³-hybridized carbons (Fsp3) is 0.708. The molecule has 0 saturated carbocycles. The summed E-state index contributed by atoms with van der Waals surface area (Å²) >= 11 is 0. The molecule has 1 aliphatic heterocycles. The van der Waals surface area contributed by atoms with E-state index in [-0.39, 0.29) is 12.2 Å². The topological polar surface area (TPSA) is 41.6 Å². The van der Waals surface area contributed by atoms with E-state index in [2.05, 4.69) is 29.3 Å². The maximum Gasteiger partial charge on any atom is 0.411 e. The normalized spacial score (nSPS) is 15.9. The molecule has 0 unspecified atom stereocenters. The third-order valence-corrected chi connectivity index (χ3v) is 5.51. The van der Waals surface area contributed by atoms with Crippen LogP contribution in [0.25, 0.3) is 0 Å². The second-order valence-corrected chi connectivity index (χ2v) is 8.27. The smallest absolute Gasteiger partial charge is 0.411 e. The van der Waals surface area contributed by atoms with E-state index in [1.807, 2.05) is 19.1 Å². The first-order chi connectivity index (χ1) is 13.7. The van der Waals surface area contributed by atoms with Crippen molar-refractivity contribution in [3.63, 3.8) is 0 Å². The summed E-state index contributed by atoms with van der Waals surface area (Å²) in [5.74, 6) is 0. The van der Waals surface area contributed by atoms with E-state index in [4.69, 9.17) is 4.74 Å². The number of ether oxygens (including phenoxy) is 1. The highest BCUT2D eigenvalue weighted by atomic mass is 16.6. The van der Waals surface area contributed by atoms with Gasteiger partial charge in [-0.3, -0.25) is 10.2 Å². The van der Waals surface area contributed by atoms with Crippen molar-refractivity contribution in [3.05, 3.63) is 29.8 Å². The van der Waals surface area contributed by atoms with Gasteiger partial charge in [0.15, 0.2) is 0 Å². The monoisotopic (exact) mass is 388 g/mol. The van der Waals surface area contributed by atoms with Crippen molar-refractivity contribution < 1.29 is 9.53 Å². The molecule has 0 spiro atoms. The van der Waals surface area contributed by atoms with E-state index in [1.165, 1.54) is 69.8 Å². The number of rotatable bonds is 12. The number of piperidine rings is 1. The number of aryl methyl sites for hydroxylation is 1. The summed E-state index contributed by atoms with van der Waals surface area (Å²) < 4.78 is 5.55. The molecule has 2 rings (SSSR count). The van der Waals surface area contributed by atoms with E-state index in [0.717, 1.165) is 31.7 Å². The Hall–Kier alpha value is -1.55. The molecule has 1 amide bonds. The van der Waals surface area contributed by atoms with Gasteiger partial charge in [0.05, 0.1) is 0 Å². The first-order valence-electron chi connectivity index (χ1n) is 11.5. The number of nitrogens with one attached hydrogen (secondary N) is 1. The van der Waals surface area contributed by atoms with Crippen LogP contribution in [0, 0.1) is 0 Å². The molecule has 1 N–H and O–H groups in total. The maximum absolute atomic E-state index is 12.2. The van der Waals surface area contributed by atoms with Gasteiger partial charge < -0.3 is 4.74 Å². The van der Waals surface area contributed by atoms with Gasteiger partial charge in [0.1, 0.15) is 6.10 Å². The van der Waals surface area contributed by atoms with E-state index < -0.39 is 0 Å². The lowest BCUT2D eigenvalue weighted by atomic mass is 10.0. The minimum atomic E-state index is -0.349. The molecule has 1 aromatic rings. The van der Waals surface area contributed by atoms with Crippen LogP contribution in [0.2, 0.25) is 0 Å². The summed E-state index contributed by atoms with van der Waals surface area (Å²) in [6, 6.07) is 8.17. The number of hydrogen-bond acceptors (Lipinski definition) is 3. The highest BCUT2D eigenvalue weighted by molar-refractivity contribution is 5.84. The molecule has 0 aromatic heterocycles. The Morgan fingerprint density at radius 3 is 2.54 bits per heavy atom. The zero-order valence-electron chi connectivity index (χ0n) is 18.0. The van der Waals surface area contributed by atoms with Crippen LogP contribution in [0.5, 0.6) is 0 Å². The minimum absolute atomic E-state index is 0.0889. The highest BCUT2D eigenvalue weighted by Crippen LogP contribution is 2.16. The average Bonchev–Trinajstić information content (AvgIpc) is 2.68. The van der Waals surface area contributed by atoms with E-state index >= 15 is 0 Å². The molecule has 28 heavy (non-hydrogen) atoms. The minimum Gasteiger partial charge on any atom is -0.445 e. The van der Waals surface area contributed by atoms with E-state index in [0.29, 0.717) is 0 Å². The molecule has 4 heteroatoms. The number of unbranched alkanes of at least 4 members (excludes halogenated alkanes) is 6. The van der Waals surface area contributed by atoms with Crippen molar-refractivity contribution in [2.24, 2.45) is 0 Å². The number of benzene rings is 1. The number of hydrogen-bond donors (Lipinski definition) is 1. The number of anilines is 1. The Morgan fingerprint density at radius 2 is 1.79 bits per heavy atom. The Labute approximate surface area is 172 Å². The van der Waals surface area contributed by atoms with Gasteiger partial charge in [0.25, 0.3) is 0 Å². The summed E-state index contributed by atoms with van der Waals surface area (Å²) in [5, 5.41) is 2.90. The number of nitrogens with zero attached hydrogens (tertiary/aromatic N) is 1. The summed E-state index contributed by atoms with van der Waals surface area (Å²) in [7, 11) is 0. The third kappa shape index (κ3) is 9.59. The Bertz CT molecular complexity index is 555. The quantitative estimate of drug-likeness (QED) is 0.421. The zero-order valence-corrected chi connectivity index (χ0v) is 18.0. The van der Waals surface area contributed by atoms with Crippen molar-refractivity contribution in [1.29, 1.82) is 0 Å². The molecule has 1 saturated heterocycles. The van der Waals surface area contributed by atoms with Gasteiger partial charge in [-0.15, -0.1) is 0 Å². The van der Waals surface area contributed by atoms with Crippen LogP contribution >= 0.6 is 0 Å². The van der Waals surface area contributed by atoms with Crippen molar-refractivity contribution in [3.8, 4) is 0 Å². The number of carbonyl (C=O) groups is 1. The predicted octanol–water partition coefficient (Wildman–Crippen LogP) is 6.40. The zero-order chi connectivity index (χ0) is 20.0. The van der Waals surface area contributed by atoms with Gasteiger partial charge in [0, 0.05) is 12.2 Å². The van der Waals surface area contributed by atoms with Gasteiger partial charge in [-0.2, -0.15) is 0 Å². The standard InChI is InChI=1S/C24H40N2O2/c1-3-4-5-6-7-8-10-14-22-15-13-16-23(19-22)25-24(27)28-21(2)20-26-17-11-9-12-18-26/h13,15-16,19,21H,3-12,14,17-18,20H2,1-2H3,(H,25,27)/t21-/m1/s1. The summed E-state index contributed by atoms with van der Waals surface area (Å²) in [6.07, 6.45) is 13.7. The maximum atomic E-state index is 12.2. The average molecular weight is 389 g/mol. The number of likely N-dealkylation sites (tertiary alicyclic amines) is 1. The molecule has 158 valence electrons. The molecule has 0 aliphatic carbocycles. The molecule has 1 aliphatic rings. The Morgan fingerprint density at radius 1 is 1.07 bits per heavy atom. The molecule has 1 fully saturated rings. The molecule has 1 atom stereocenters. The fourth-order valence-corrected chi connectivity index (χ4v) is 3.96. The predicted molar refractivity (Wildman–Crippen MR) is 118 cm³/mol. The Kier molecular flexibility index (Phi) is 11.0. The Balaban J connectivity index is 1.65. The van der Waals surface area contributed by atoms with Crippen LogP contribution in [-0.2, 0) is 11.2 Å². The van der Waals surface area contributed by atoms with Crippen molar-refractivity contribution in [1.82, 2.24) is 4.90 Å².